The highest BCUT2D eigenvalue weighted by Crippen LogP contribution is 2.17. The van der Waals surface area contributed by atoms with Crippen molar-refractivity contribution in [3.63, 3.8) is 0 Å². The molecule has 1 aromatic heterocycles. The van der Waals surface area contributed by atoms with Gasteiger partial charge in [0.15, 0.2) is 0 Å². The number of rotatable bonds is 2. The van der Waals surface area contributed by atoms with Crippen molar-refractivity contribution < 1.29 is 4.79 Å². The van der Waals surface area contributed by atoms with Crippen LogP contribution in [0.4, 0.5) is 5.69 Å². The summed E-state index contributed by atoms with van der Waals surface area (Å²) in [5.74, 6) is -0.242. The van der Waals surface area contributed by atoms with Gasteiger partial charge in [0.2, 0.25) is 0 Å². The van der Waals surface area contributed by atoms with Crippen molar-refractivity contribution in [2.24, 2.45) is 0 Å². The van der Waals surface area contributed by atoms with Gasteiger partial charge in [0, 0.05) is 5.56 Å². The number of nitrogens with zero attached hydrogens (tertiary/aromatic N) is 1. The lowest BCUT2D eigenvalue weighted by Gasteiger charge is -2.06. The third kappa shape index (κ3) is 2.72. The summed E-state index contributed by atoms with van der Waals surface area (Å²) >= 11 is 9.19. The second kappa shape index (κ2) is 5.11. The Labute approximate surface area is 109 Å². The van der Waals surface area contributed by atoms with E-state index in [1.807, 2.05) is 6.07 Å². The molecule has 1 aromatic carbocycles. The highest BCUT2D eigenvalue weighted by Gasteiger charge is 2.09. The average molecular weight is 263 g/mol. The van der Waals surface area contributed by atoms with E-state index in [2.05, 4.69) is 27.9 Å². The minimum Gasteiger partial charge on any atom is -0.336 e. The second-order valence-corrected chi connectivity index (χ2v) is 4.08. The van der Waals surface area contributed by atoms with Gasteiger partial charge in [0.1, 0.15) is 15.4 Å². The second-order valence-electron chi connectivity index (χ2n) is 3.25. The van der Waals surface area contributed by atoms with Crippen molar-refractivity contribution >= 4 is 36.4 Å². The Morgan fingerprint density at radius 1 is 1.35 bits per heavy atom. The Morgan fingerprint density at radius 2 is 2.06 bits per heavy atom. The first kappa shape index (κ1) is 11.8. The quantitative estimate of drug-likeness (QED) is 0.443. The summed E-state index contributed by atoms with van der Waals surface area (Å²) in [5.41, 5.74) is 0.971. The number of anilines is 1. The molecule has 0 fully saturated rings. The van der Waals surface area contributed by atoms with E-state index in [4.69, 9.17) is 12.2 Å². The van der Waals surface area contributed by atoms with E-state index in [-0.39, 0.29) is 5.91 Å². The van der Waals surface area contributed by atoms with Gasteiger partial charge in [-0.25, -0.2) is 4.98 Å². The highest BCUT2D eigenvalue weighted by molar-refractivity contribution is 7.80. The normalized spacial score (nSPS) is 9.94. The number of carbonyl (C=O) groups is 1. The van der Waals surface area contributed by atoms with Crippen LogP contribution < -0.4 is 5.32 Å². The molecule has 0 unspecified atom stereocenters. The molecular formula is C11H9N3OS2. The first-order chi connectivity index (χ1) is 8.18. The Bertz CT molecular complexity index is 595. The fraction of sp³-hybridized carbons (Fsp3) is 0. The molecule has 0 saturated carbocycles. The lowest BCUT2D eigenvalue weighted by Crippen LogP contribution is -2.13. The van der Waals surface area contributed by atoms with Gasteiger partial charge in [-0.3, -0.25) is 4.79 Å². The zero-order valence-electron chi connectivity index (χ0n) is 8.68. The van der Waals surface area contributed by atoms with Crippen molar-refractivity contribution in [1.29, 1.82) is 0 Å². The van der Waals surface area contributed by atoms with Crippen LogP contribution in [0, 0.1) is 4.64 Å². The van der Waals surface area contributed by atoms with Gasteiger partial charge in [-0.2, -0.15) is 0 Å². The predicted octanol–water partition coefficient (Wildman–Crippen LogP) is 2.68. The summed E-state index contributed by atoms with van der Waals surface area (Å²) in [4.78, 5) is 18.5. The number of nitrogens with one attached hydrogen (secondary N) is 2. The molecule has 0 spiro atoms. The lowest BCUT2D eigenvalue weighted by molar-refractivity contribution is 0.102. The van der Waals surface area contributed by atoms with Crippen LogP contribution in [0.15, 0.2) is 41.7 Å². The Kier molecular flexibility index (Phi) is 3.55. The number of aromatic nitrogens is 2. The Hall–Kier alpha value is -1.66. The summed E-state index contributed by atoms with van der Waals surface area (Å²) in [6.45, 7) is 0. The van der Waals surface area contributed by atoms with Gasteiger partial charge >= 0.3 is 0 Å². The molecule has 0 saturated heterocycles. The van der Waals surface area contributed by atoms with Gasteiger partial charge in [-0.15, -0.1) is 12.6 Å². The lowest BCUT2D eigenvalue weighted by atomic mass is 10.2. The number of carbonyl (C=O) groups excluding carboxylic acids is 1. The molecule has 17 heavy (non-hydrogen) atoms. The van der Waals surface area contributed by atoms with Crippen LogP contribution in [-0.4, -0.2) is 15.9 Å². The number of amides is 1. The van der Waals surface area contributed by atoms with Crippen LogP contribution in [0.2, 0.25) is 0 Å². The molecule has 1 heterocycles. The predicted molar refractivity (Wildman–Crippen MR) is 71.1 cm³/mol. The van der Waals surface area contributed by atoms with Crippen LogP contribution in [0.25, 0.3) is 0 Å². The van der Waals surface area contributed by atoms with E-state index >= 15 is 0 Å². The molecule has 2 aromatic rings. The number of H-pyrrole nitrogens is 1. The zero-order chi connectivity index (χ0) is 12.3. The minimum absolute atomic E-state index is 0.242. The van der Waals surface area contributed by atoms with E-state index in [0.29, 0.717) is 20.9 Å². The topological polar surface area (TPSA) is 57.8 Å². The third-order valence-corrected chi connectivity index (χ3v) is 2.77. The van der Waals surface area contributed by atoms with Gasteiger partial charge in [-0.05, 0) is 12.1 Å². The maximum Gasteiger partial charge on any atom is 0.255 e. The van der Waals surface area contributed by atoms with Crippen LogP contribution >= 0.6 is 24.8 Å². The Balaban J connectivity index is 2.28. The molecule has 4 nitrogen and oxygen atoms in total. The van der Waals surface area contributed by atoms with E-state index in [1.165, 1.54) is 6.33 Å². The molecule has 0 aliphatic rings. The monoisotopic (exact) mass is 263 g/mol. The molecule has 0 aliphatic heterocycles. The Morgan fingerprint density at radius 3 is 2.71 bits per heavy atom. The van der Waals surface area contributed by atoms with Crippen molar-refractivity contribution in [2.45, 2.75) is 5.03 Å². The SMILES string of the molecule is O=C(Nc1c(S)nc[nH]c1=S)c1ccccc1. The molecule has 0 radical (unpaired) electrons. The van der Waals surface area contributed by atoms with E-state index < -0.39 is 0 Å². The van der Waals surface area contributed by atoms with Crippen molar-refractivity contribution in [3.8, 4) is 0 Å². The highest BCUT2D eigenvalue weighted by atomic mass is 32.1. The molecule has 0 bridgehead atoms. The van der Waals surface area contributed by atoms with Crippen molar-refractivity contribution in [2.75, 3.05) is 5.32 Å². The summed E-state index contributed by atoms with van der Waals surface area (Å²) < 4.78 is 0.397. The number of benzene rings is 1. The number of hydrogen-bond acceptors (Lipinski definition) is 4. The minimum atomic E-state index is -0.242. The molecule has 1 amide bonds. The fourth-order valence-electron chi connectivity index (χ4n) is 1.28. The van der Waals surface area contributed by atoms with Gasteiger partial charge in [0.25, 0.3) is 5.91 Å². The first-order valence-electron chi connectivity index (χ1n) is 4.81. The third-order valence-electron chi connectivity index (χ3n) is 2.11. The first-order valence-corrected chi connectivity index (χ1v) is 5.67. The maximum absolute atomic E-state index is 11.9. The largest absolute Gasteiger partial charge is 0.336 e. The molecule has 0 atom stereocenters. The number of thiol groups is 1. The number of hydrogen-bond donors (Lipinski definition) is 3. The summed E-state index contributed by atoms with van der Waals surface area (Å²) in [6, 6.07) is 8.87. The van der Waals surface area contributed by atoms with E-state index in [0.717, 1.165) is 0 Å². The van der Waals surface area contributed by atoms with Crippen LogP contribution in [0.5, 0.6) is 0 Å². The van der Waals surface area contributed by atoms with Gasteiger partial charge < -0.3 is 10.3 Å². The summed E-state index contributed by atoms with van der Waals surface area (Å²) in [6.07, 6.45) is 1.43. The molecule has 0 aliphatic carbocycles. The summed E-state index contributed by atoms with van der Waals surface area (Å²) in [7, 11) is 0. The smallest absolute Gasteiger partial charge is 0.255 e. The van der Waals surface area contributed by atoms with E-state index in [9.17, 15) is 4.79 Å². The van der Waals surface area contributed by atoms with Gasteiger partial charge in [0.05, 0.1) is 6.33 Å². The maximum atomic E-state index is 11.9. The zero-order valence-corrected chi connectivity index (χ0v) is 10.4. The molecule has 2 N–H and O–H groups in total. The summed E-state index contributed by atoms with van der Waals surface area (Å²) in [5, 5.41) is 3.07. The van der Waals surface area contributed by atoms with Gasteiger partial charge in [-0.1, -0.05) is 30.4 Å². The molecule has 6 heteroatoms. The average Bonchev–Trinajstić information content (AvgIpc) is 2.35. The van der Waals surface area contributed by atoms with Crippen molar-refractivity contribution in [3.05, 3.63) is 46.9 Å². The fourth-order valence-corrected chi connectivity index (χ4v) is 1.78. The van der Waals surface area contributed by atoms with E-state index in [1.54, 1.807) is 24.3 Å². The standard InChI is InChI=1S/C11H9N3OS2/c15-9(7-4-2-1-3-5-7)14-8-10(16)12-6-13-11(8)17/h1-6H,(H,14,15)(H2,12,13,16,17). The number of aromatic amines is 1. The van der Waals surface area contributed by atoms with Crippen LogP contribution in [-0.2, 0) is 0 Å². The van der Waals surface area contributed by atoms with Crippen molar-refractivity contribution in [1.82, 2.24) is 9.97 Å². The van der Waals surface area contributed by atoms with Crippen LogP contribution in [0.3, 0.4) is 0 Å². The molecular weight excluding hydrogens is 254 g/mol. The van der Waals surface area contributed by atoms with Crippen LogP contribution in [0.1, 0.15) is 10.4 Å². The molecule has 86 valence electrons. The molecule has 2 rings (SSSR count).